The topological polar surface area (TPSA) is 107 Å². The highest BCUT2D eigenvalue weighted by atomic mass is 35.5. The summed E-state index contributed by atoms with van der Waals surface area (Å²) >= 11 is 6.37. The van der Waals surface area contributed by atoms with Crippen LogP contribution >= 0.6 is 11.6 Å². The van der Waals surface area contributed by atoms with Gasteiger partial charge in [-0.15, -0.1) is 11.6 Å². The summed E-state index contributed by atoms with van der Waals surface area (Å²) < 4.78 is 38.3. The first kappa shape index (κ1) is 25.4. The number of amides is 2. The molecule has 188 valence electrons. The number of hydrogen-bond donors (Lipinski definition) is 4. The van der Waals surface area contributed by atoms with Gasteiger partial charge in [0, 0.05) is 29.9 Å². The molecule has 36 heavy (non-hydrogen) atoms. The van der Waals surface area contributed by atoms with Crippen LogP contribution < -0.4 is 16.0 Å². The van der Waals surface area contributed by atoms with Crippen LogP contribution in [0.5, 0.6) is 0 Å². The number of pyridine rings is 1. The monoisotopic (exact) mass is 517 g/mol. The summed E-state index contributed by atoms with van der Waals surface area (Å²) in [6, 6.07) is 6.96. The molecule has 4 rings (SSSR count). The molecule has 1 aromatic carbocycles. The Kier molecular flexibility index (Phi) is 7.44. The molecule has 11 heteroatoms. The van der Waals surface area contributed by atoms with Crippen LogP contribution in [0.15, 0.2) is 60.3 Å². The number of carbonyl (C=O) groups excluding carboxylic acids is 2. The predicted octanol–water partition coefficient (Wildman–Crippen LogP) is 5.03. The summed E-state index contributed by atoms with van der Waals surface area (Å²) in [5.41, 5.74) is 1.08. The molecule has 2 aromatic rings. The van der Waals surface area contributed by atoms with Crippen molar-refractivity contribution >= 4 is 46.7 Å². The van der Waals surface area contributed by atoms with Crippen molar-refractivity contribution in [2.75, 3.05) is 17.2 Å². The molecular weight excluding hydrogens is 495 g/mol. The molecule has 0 spiro atoms. The number of anilines is 3. The van der Waals surface area contributed by atoms with Crippen LogP contribution in [0.1, 0.15) is 24.1 Å². The van der Waals surface area contributed by atoms with Gasteiger partial charge in [-0.25, -0.2) is 4.98 Å². The van der Waals surface area contributed by atoms with E-state index in [-0.39, 0.29) is 17.5 Å². The van der Waals surface area contributed by atoms with E-state index in [1.807, 2.05) is 0 Å². The number of aromatic nitrogens is 1. The number of hydrogen-bond acceptors (Lipinski definition) is 5. The molecule has 2 amide bonds. The molecule has 0 saturated heterocycles. The fourth-order valence-corrected chi connectivity index (χ4v) is 3.94. The Balaban J connectivity index is 1.47. The van der Waals surface area contributed by atoms with Crippen molar-refractivity contribution in [1.82, 2.24) is 10.3 Å². The molecule has 1 saturated carbocycles. The first-order chi connectivity index (χ1) is 17.2. The molecule has 2 aliphatic carbocycles. The fourth-order valence-electron chi connectivity index (χ4n) is 3.68. The first-order valence-electron chi connectivity index (χ1n) is 11.2. The molecule has 0 aliphatic heterocycles. The van der Waals surface area contributed by atoms with Gasteiger partial charge >= 0.3 is 6.18 Å². The van der Waals surface area contributed by atoms with Gasteiger partial charge in [0.25, 0.3) is 0 Å². The zero-order valence-corrected chi connectivity index (χ0v) is 19.7. The highest BCUT2D eigenvalue weighted by molar-refractivity contribution is 6.24. The SMILES string of the molecule is N=Cc1c(NC(=O)C2C=C(CNC(=O)C3CC3)C=CC2Cl)cccc1Nc1ccc(C(F)(F)F)nc1. The number of carbonyl (C=O) groups is 2. The normalized spacial score (nSPS) is 19.3. The first-order valence-corrected chi connectivity index (χ1v) is 11.6. The lowest BCUT2D eigenvalue weighted by atomic mass is 9.94. The third-order valence-electron chi connectivity index (χ3n) is 5.79. The zero-order valence-electron chi connectivity index (χ0n) is 18.9. The lowest BCUT2D eigenvalue weighted by Crippen LogP contribution is -2.32. The third kappa shape index (κ3) is 6.12. The molecule has 1 heterocycles. The number of rotatable bonds is 8. The summed E-state index contributed by atoms with van der Waals surface area (Å²) in [7, 11) is 0. The van der Waals surface area contributed by atoms with Crippen LogP contribution in [0.2, 0.25) is 0 Å². The Morgan fingerprint density at radius 2 is 1.89 bits per heavy atom. The lowest BCUT2D eigenvalue weighted by molar-refractivity contribution is -0.141. The van der Waals surface area contributed by atoms with E-state index < -0.39 is 29.1 Å². The Morgan fingerprint density at radius 3 is 2.53 bits per heavy atom. The molecular formula is C25H23ClF3N5O2. The zero-order chi connectivity index (χ0) is 25.9. The van der Waals surface area contributed by atoms with Gasteiger partial charge in [0.1, 0.15) is 5.69 Å². The van der Waals surface area contributed by atoms with Crippen molar-refractivity contribution in [1.29, 1.82) is 5.41 Å². The second kappa shape index (κ2) is 10.5. The number of alkyl halides is 4. The molecule has 2 unspecified atom stereocenters. The predicted molar refractivity (Wildman–Crippen MR) is 132 cm³/mol. The van der Waals surface area contributed by atoms with E-state index in [9.17, 15) is 22.8 Å². The van der Waals surface area contributed by atoms with E-state index in [2.05, 4.69) is 20.9 Å². The summed E-state index contributed by atoms with van der Waals surface area (Å²) in [5.74, 6) is -1.03. The fraction of sp³-hybridized carbons (Fsp3) is 0.280. The van der Waals surface area contributed by atoms with Gasteiger partial charge < -0.3 is 21.4 Å². The minimum Gasteiger partial charge on any atom is -0.354 e. The van der Waals surface area contributed by atoms with E-state index in [0.29, 0.717) is 23.5 Å². The minimum absolute atomic E-state index is 0.00137. The number of allylic oxidation sites excluding steroid dienone is 1. The van der Waals surface area contributed by atoms with Gasteiger partial charge in [0.2, 0.25) is 11.8 Å². The van der Waals surface area contributed by atoms with Crippen LogP contribution in [0.3, 0.4) is 0 Å². The second-order valence-corrected chi connectivity index (χ2v) is 9.02. The average Bonchev–Trinajstić information content (AvgIpc) is 3.69. The van der Waals surface area contributed by atoms with Gasteiger partial charge in [0.15, 0.2) is 0 Å². The third-order valence-corrected chi connectivity index (χ3v) is 6.21. The summed E-state index contributed by atoms with van der Waals surface area (Å²) in [6.07, 6.45) is 4.50. The van der Waals surface area contributed by atoms with Gasteiger partial charge in [-0.1, -0.05) is 24.3 Å². The van der Waals surface area contributed by atoms with E-state index in [1.165, 1.54) is 6.07 Å². The van der Waals surface area contributed by atoms with Crippen LogP contribution in [0.4, 0.5) is 30.2 Å². The van der Waals surface area contributed by atoms with Crippen LogP contribution in [0.25, 0.3) is 0 Å². The van der Waals surface area contributed by atoms with Crippen molar-refractivity contribution < 1.29 is 22.8 Å². The van der Waals surface area contributed by atoms with Crippen LogP contribution in [0, 0.1) is 17.2 Å². The Hall–Kier alpha value is -3.66. The number of benzene rings is 1. The van der Waals surface area contributed by atoms with Crippen molar-refractivity contribution in [3.8, 4) is 0 Å². The Bertz CT molecular complexity index is 1220. The summed E-state index contributed by atoms with van der Waals surface area (Å²) in [5, 5.41) is 15.8. The van der Waals surface area contributed by atoms with E-state index in [1.54, 1.807) is 36.4 Å². The Labute approximate surface area is 210 Å². The van der Waals surface area contributed by atoms with Gasteiger partial charge in [-0.3, -0.25) is 9.59 Å². The smallest absolute Gasteiger partial charge is 0.354 e. The van der Waals surface area contributed by atoms with Crippen LogP contribution in [-0.2, 0) is 15.8 Å². The van der Waals surface area contributed by atoms with Crippen molar-refractivity contribution in [3.63, 3.8) is 0 Å². The molecule has 4 N–H and O–H groups in total. The van der Waals surface area contributed by atoms with Crippen molar-refractivity contribution in [3.05, 3.63) is 71.6 Å². The maximum atomic E-state index is 13.1. The van der Waals surface area contributed by atoms with E-state index in [4.69, 9.17) is 17.0 Å². The maximum Gasteiger partial charge on any atom is 0.433 e. The molecule has 0 radical (unpaired) electrons. The second-order valence-electron chi connectivity index (χ2n) is 8.52. The maximum absolute atomic E-state index is 13.1. The molecule has 1 aromatic heterocycles. The molecule has 2 aliphatic rings. The van der Waals surface area contributed by atoms with Gasteiger partial charge in [0.05, 0.1) is 28.9 Å². The van der Waals surface area contributed by atoms with Crippen molar-refractivity contribution in [2.45, 2.75) is 24.4 Å². The van der Waals surface area contributed by atoms with Gasteiger partial charge in [-0.2, -0.15) is 13.2 Å². The highest BCUT2D eigenvalue weighted by Crippen LogP contribution is 2.31. The quantitative estimate of drug-likeness (QED) is 0.291. The molecule has 2 atom stereocenters. The minimum atomic E-state index is -4.55. The highest BCUT2D eigenvalue weighted by Gasteiger charge is 2.32. The molecule has 1 fully saturated rings. The van der Waals surface area contributed by atoms with Gasteiger partial charge in [-0.05, 0) is 42.7 Å². The Morgan fingerprint density at radius 1 is 1.14 bits per heavy atom. The summed E-state index contributed by atoms with van der Waals surface area (Å²) in [6.45, 7) is 0.297. The standard InChI is InChI=1S/C25H23ClF3N5O2/c26-19-8-4-14(12-32-23(35)15-5-6-15)10-17(19)24(36)34-21-3-1-2-20(18(21)11-30)33-16-7-9-22(31-13-16)25(27,28)29/h1-4,7-11,13,15,17,19,30,33H,5-6,12H2,(H,32,35)(H,34,36). The largest absolute Gasteiger partial charge is 0.433 e. The van der Waals surface area contributed by atoms with E-state index >= 15 is 0 Å². The number of halogens is 4. The molecule has 7 nitrogen and oxygen atoms in total. The summed E-state index contributed by atoms with van der Waals surface area (Å²) in [4.78, 5) is 28.4. The van der Waals surface area contributed by atoms with Crippen LogP contribution in [-0.4, -0.2) is 34.9 Å². The number of nitrogens with one attached hydrogen (secondary N) is 4. The lowest BCUT2D eigenvalue weighted by Gasteiger charge is -2.22. The number of nitrogens with zero attached hydrogens (tertiary/aromatic N) is 1. The van der Waals surface area contributed by atoms with E-state index in [0.717, 1.165) is 36.9 Å². The molecule has 0 bridgehead atoms. The average molecular weight is 518 g/mol. The van der Waals surface area contributed by atoms with Crippen molar-refractivity contribution in [2.24, 2.45) is 11.8 Å².